The molecule has 5 heterocycles. The maximum Gasteiger partial charge on any atom is 0.220 e. The van der Waals surface area contributed by atoms with Crippen LogP contribution in [0.2, 0.25) is 0 Å². The highest BCUT2D eigenvalue weighted by atomic mass is 16.8. The molecule has 0 saturated carbocycles. The zero-order chi connectivity index (χ0) is 70.3. The zero-order valence-electron chi connectivity index (χ0n) is 56.4. The van der Waals surface area contributed by atoms with E-state index in [2.05, 4.69) is 24.5 Å². The third kappa shape index (κ3) is 25.9. The summed E-state index contributed by atoms with van der Waals surface area (Å²) in [6.07, 6.45) is -14.1. The Kier molecular flexibility index (Phi) is 40.0. The Hall–Kier alpha value is -2.36. The van der Waals surface area contributed by atoms with Crippen LogP contribution in [0.4, 0.5) is 0 Å². The summed E-state index contributed by atoms with van der Waals surface area (Å²) in [6, 6.07) is -2.81. The van der Waals surface area contributed by atoms with E-state index in [4.69, 9.17) is 47.4 Å². The molecule has 0 spiro atoms. The fourth-order valence-corrected chi connectivity index (χ4v) is 12.9. The molecule has 5 saturated heterocycles. The van der Waals surface area contributed by atoms with Gasteiger partial charge < -0.3 is 140 Å². The summed E-state index contributed by atoms with van der Waals surface area (Å²) in [4.78, 5) is 26.2. The Morgan fingerprint density at radius 1 is 0.406 bits per heavy atom. The fraction of sp³-hybridized carbons (Fsp3) is 0.939. The number of amides is 2. The Labute approximate surface area is 564 Å². The highest BCUT2D eigenvalue weighted by Crippen LogP contribution is 2.36. The van der Waals surface area contributed by atoms with Gasteiger partial charge in [-0.3, -0.25) is 9.59 Å². The summed E-state index contributed by atoms with van der Waals surface area (Å²) < 4.78 is 58.2. The number of unbranched alkanes of at least 4 members (excludes halogenated alkanes) is 23. The van der Waals surface area contributed by atoms with Crippen LogP contribution in [0.15, 0.2) is 12.2 Å². The molecule has 5 aliphatic rings. The van der Waals surface area contributed by atoms with Crippen molar-refractivity contribution in [1.29, 1.82) is 0 Å². The predicted molar refractivity (Wildman–Crippen MR) is 340 cm³/mol. The number of ether oxygens (including phenoxy) is 10. The standard InChI is InChI=1S/C66H120N2O28/c1-4-6-8-10-12-14-16-18-20-22-24-26-28-30-40(75)39(68-46(76)31-29-27-25-23-21-19-17-15-13-11-9-7-5-2)37-87-63-55(84)53(82)59(45(36-73)92-63)94-66-56(85)60(49(78)42(33-70)90-66)95-62-47(67-38(3)74)51(80)58(44(35-72)91-62)93-65-57(86)61(50(79)43(34-71)89-65)96-64-54(83)52(81)48(77)41(32-69)88-64/h28,30,39-45,47-66,69-73,75,77-86H,4-27,29,31-37H2,1-3H3,(H,67,74)(H,68,76)/b30-28+/t39-,40+,41+,42+,43+,44+,45+,47+,48-,49-,50-,51+,52-,53+,54+,55+,56+,57+,58+,59+,60-,61-,62-,63+,64+,65-,66-/m0/s1. The molecule has 0 unspecified atom stereocenters. The lowest BCUT2D eigenvalue weighted by molar-refractivity contribution is -0.387. The summed E-state index contributed by atoms with van der Waals surface area (Å²) in [5, 5.41) is 181. The molecule has 0 aromatic carbocycles. The van der Waals surface area contributed by atoms with E-state index >= 15 is 0 Å². The Balaban J connectivity index is 1.22. The predicted octanol–water partition coefficient (Wildman–Crippen LogP) is -1.17. The molecule has 5 fully saturated rings. The first-order valence-corrected chi connectivity index (χ1v) is 35.5. The van der Waals surface area contributed by atoms with Crippen molar-refractivity contribution in [2.45, 2.75) is 353 Å². The van der Waals surface area contributed by atoms with Crippen LogP contribution in [0, 0.1) is 0 Å². The van der Waals surface area contributed by atoms with Gasteiger partial charge in [0.15, 0.2) is 31.5 Å². The summed E-state index contributed by atoms with van der Waals surface area (Å²) in [7, 11) is 0. The van der Waals surface area contributed by atoms with Crippen molar-refractivity contribution in [3.05, 3.63) is 12.2 Å². The third-order valence-corrected chi connectivity index (χ3v) is 18.7. The molecule has 27 atom stereocenters. The molecular formula is C66H120N2O28. The van der Waals surface area contributed by atoms with Crippen LogP contribution in [0.25, 0.3) is 0 Å². The molecule has 0 bridgehead atoms. The number of nitrogens with one attached hydrogen (secondary N) is 2. The number of carbonyl (C=O) groups excluding carboxylic acids is 2. The van der Waals surface area contributed by atoms with Crippen molar-refractivity contribution in [3.8, 4) is 0 Å². The molecule has 0 aromatic rings. The average molecular weight is 1390 g/mol. The fourth-order valence-electron chi connectivity index (χ4n) is 12.9. The lowest BCUT2D eigenvalue weighted by Gasteiger charge is -2.50. The van der Waals surface area contributed by atoms with Crippen molar-refractivity contribution in [3.63, 3.8) is 0 Å². The number of aliphatic hydroxyl groups is 16. The SMILES string of the molecule is CCCCCCCCCCCCC/C=C/[C@@H](O)[C@H](CO[C@@H]1O[C@H](CO)[C@@H](O[C@@H]2O[C@H](CO)[C@H](O)[C@H](O[C@@H]3O[C@H](CO)[C@@H](O[C@@H]4O[C@H](CO)[C@H](O)[C@H](O[C@H]5O[C@H](CO)[C@H](O)[C@H](O)[C@H]5O)[C@H]4O)[C@H](O)[C@H]3NC(C)=O)[C@H]2O)[C@H](O)[C@H]1O)NC(=O)CCCCCCCCCCCCCCC. The number of hydrogen-bond donors (Lipinski definition) is 18. The van der Waals surface area contributed by atoms with E-state index in [-0.39, 0.29) is 12.3 Å². The summed E-state index contributed by atoms with van der Waals surface area (Å²) >= 11 is 0. The van der Waals surface area contributed by atoms with Gasteiger partial charge >= 0.3 is 0 Å². The van der Waals surface area contributed by atoms with Gasteiger partial charge in [0.2, 0.25) is 11.8 Å². The molecule has 96 heavy (non-hydrogen) atoms. The molecule has 0 aliphatic carbocycles. The van der Waals surface area contributed by atoms with Gasteiger partial charge in [0.25, 0.3) is 0 Å². The van der Waals surface area contributed by atoms with E-state index in [0.717, 1.165) is 58.3 Å². The highest BCUT2D eigenvalue weighted by molar-refractivity contribution is 5.76. The number of rotatable bonds is 46. The van der Waals surface area contributed by atoms with Gasteiger partial charge in [0, 0.05) is 13.3 Å². The lowest BCUT2D eigenvalue weighted by atomic mass is 9.94. The molecule has 5 aliphatic heterocycles. The maximum absolute atomic E-state index is 13.4. The Bertz CT molecular complexity index is 2110. The van der Waals surface area contributed by atoms with Gasteiger partial charge in [-0.1, -0.05) is 167 Å². The van der Waals surface area contributed by atoms with E-state index in [1.807, 2.05) is 6.08 Å². The third-order valence-electron chi connectivity index (χ3n) is 18.7. The van der Waals surface area contributed by atoms with Gasteiger partial charge in [-0.2, -0.15) is 0 Å². The Morgan fingerprint density at radius 3 is 1.22 bits per heavy atom. The van der Waals surface area contributed by atoms with Gasteiger partial charge in [-0.25, -0.2) is 0 Å². The quantitative estimate of drug-likeness (QED) is 0.0252. The van der Waals surface area contributed by atoms with Crippen LogP contribution in [0.3, 0.4) is 0 Å². The molecule has 18 N–H and O–H groups in total. The van der Waals surface area contributed by atoms with Crippen molar-refractivity contribution in [2.24, 2.45) is 0 Å². The first kappa shape index (κ1) is 84.3. The average Bonchev–Trinajstić information content (AvgIpc) is 0.775. The summed E-state index contributed by atoms with van der Waals surface area (Å²) in [5.74, 6) is -1.16. The molecular weight excluding hydrogens is 1270 g/mol. The molecule has 0 radical (unpaired) electrons. The van der Waals surface area contributed by atoms with E-state index in [0.29, 0.717) is 12.8 Å². The summed E-state index contributed by atoms with van der Waals surface area (Å²) in [6.45, 7) is 0.316. The van der Waals surface area contributed by atoms with E-state index in [1.165, 1.54) is 96.3 Å². The first-order chi connectivity index (χ1) is 46.2. The second-order valence-electron chi connectivity index (χ2n) is 26.4. The second kappa shape index (κ2) is 45.6. The van der Waals surface area contributed by atoms with E-state index in [1.54, 1.807) is 6.08 Å². The van der Waals surface area contributed by atoms with Gasteiger partial charge in [-0.15, -0.1) is 0 Å². The van der Waals surface area contributed by atoms with Gasteiger partial charge in [-0.05, 0) is 19.3 Å². The topological polar surface area (TPSA) is 474 Å². The smallest absolute Gasteiger partial charge is 0.220 e. The maximum atomic E-state index is 13.4. The van der Waals surface area contributed by atoms with Crippen LogP contribution >= 0.6 is 0 Å². The zero-order valence-corrected chi connectivity index (χ0v) is 56.4. The highest BCUT2D eigenvalue weighted by Gasteiger charge is 2.57. The van der Waals surface area contributed by atoms with Crippen LogP contribution < -0.4 is 10.6 Å². The molecule has 5 rings (SSSR count). The molecule has 30 nitrogen and oxygen atoms in total. The van der Waals surface area contributed by atoms with Gasteiger partial charge in [0.1, 0.15) is 122 Å². The minimum Gasteiger partial charge on any atom is -0.394 e. The lowest BCUT2D eigenvalue weighted by Crippen LogP contribution is -2.70. The molecule has 30 heteroatoms. The van der Waals surface area contributed by atoms with Crippen LogP contribution in [-0.2, 0) is 57.0 Å². The second-order valence-corrected chi connectivity index (χ2v) is 26.4. The normalized spacial score (nSPS) is 36.6. The van der Waals surface area contributed by atoms with E-state index < -0.39 is 211 Å². The summed E-state index contributed by atoms with van der Waals surface area (Å²) in [5.41, 5.74) is 0. The molecule has 0 aromatic heterocycles. The number of aliphatic hydroxyl groups excluding tert-OH is 16. The van der Waals surface area contributed by atoms with Crippen molar-refractivity contribution in [1.82, 2.24) is 10.6 Å². The van der Waals surface area contributed by atoms with Crippen molar-refractivity contribution < 1.29 is 139 Å². The number of allylic oxidation sites excluding steroid dienone is 1. The largest absolute Gasteiger partial charge is 0.394 e. The number of hydrogen-bond acceptors (Lipinski definition) is 28. The van der Waals surface area contributed by atoms with Crippen molar-refractivity contribution in [2.75, 3.05) is 39.6 Å². The molecule has 562 valence electrons. The monoisotopic (exact) mass is 1390 g/mol. The van der Waals surface area contributed by atoms with E-state index in [9.17, 15) is 91.3 Å². The van der Waals surface area contributed by atoms with Crippen LogP contribution in [0.1, 0.15) is 188 Å². The van der Waals surface area contributed by atoms with Crippen LogP contribution in [0.5, 0.6) is 0 Å². The molecule has 2 amide bonds. The number of carbonyl (C=O) groups is 2. The Morgan fingerprint density at radius 2 is 0.771 bits per heavy atom. The van der Waals surface area contributed by atoms with Crippen molar-refractivity contribution >= 4 is 11.8 Å². The minimum absolute atomic E-state index is 0.192. The van der Waals surface area contributed by atoms with Crippen LogP contribution in [-0.4, -0.2) is 299 Å². The first-order valence-electron chi connectivity index (χ1n) is 35.5. The van der Waals surface area contributed by atoms with Gasteiger partial charge in [0.05, 0.1) is 51.8 Å². The minimum atomic E-state index is -2.15.